The van der Waals surface area contributed by atoms with E-state index in [2.05, 4.69) is 5.32 Å². The lowest BCUT2D eigenvalue weighted by atomic mass is 10.2. The molecule has 1 amide bonds. The minimum Gasteiger partial charge on any atom is -0.346 e. The molecule has 1 N–H and O–H groups in total. The van der Waals surface area contributed by atoms with E-state index < -0.39 is 0 Å². The van der Waals surface area contributed by atoms with Gasteiger partial charge in [0.25, 0.3) is 5.91 Å². The predicted octanol–water partition coefficient (Wildman–Crippen LogP) is 2.46. The van der Waals surface area contributed by atoms with E-state index >= 15 is 0 Å². The third-order valence-corrected chi connectivity index (χ3v) is 2.62. The molecule has 1 heterocycles. The summed E-state index contributed by atoms with van der Waals surface area (Å²) in [6.45, 7) is 1.94. The molecule has 0 bridgehead atoms. The van der Waals surface area contributed by atoms with Crippen molar-refractivity contribution in [1.29, 1.82) is 5.26 Å². The summed E-state index contributed by atoms with van der Waals surface area (Å²) in [6, 6.07) is 10.7. The summed E-state index contributed by atoms with van der Waals surface area (Å²) in [5.74, 6) is -0.180. The number of nitrogens with one attached hydrogen (secondary N) is 1. The number of rotatable bonds is 2. The monoisotopic (exact) mass is 239 g/mol. The van der Waals surface area contributed by atoms with Crippen LogP contribution in [0.3, 0.4) is 0 Å². The number of nitrogens with zero attached hydrogens (tertiary/aromatic N) is 2. The van der Waals surface area contributed by atoms with Gasteiger partial charge in [0, 0.05) is 18.9 Å². The standard InChI is InChI=1S/C14H13N3O/c1-10-6-13(17(2)9-10)14(18)16-12-5-3-4-11(7-12)8-15/h3-7,9H,1-2H3,(H,16,18). The van der Waals surface area contributed by atoms with Gasteiger partial charge < -0.3 is 9.88 Å². The van der Waals surface area contributed by atoms with E-state index in [0.29, 0.717) is 16.9 Å². The Bertz CT molecular complexity index is 635. The van der Waals surface area contributed by atoms with Gasteiger partial charge in [-0.15, -0.1) is 0 Å². The highest BCUT2D eigenvalue weighted by molar-refractivity contribution is 6.03. The molecule has 1 aromatic heterocycles. The zero-order valence-electron chi connectivity index (χ0n) is 10.3. The van der Waals surface area contributed by atoms with Crippen molar-refractivity contribution in [1.82, 2.24) is 4.57 Å². The molecule has 0 atom stereocenters. The maximum absolute atomic E-state index is 12.0. The second kappa shape index (κ2) is 4.76. The van der Waals surface area contributed by atoms with E-state index in [4.69, 9.17) is 5.26 Å². The topological polar surface area (TPSA) is 57.8 Å². The van der Waals surface area contributed by atoms with E-state index in [9.17, 15) is 4.79 Å². The highest BCUT2D eigenvalue weighted by Gasteiger charge is 2.10. The Morgan fingerprint density at radius 1 is 1.39 bits per heavy atom. The van der Waals surface area contributed by atoms with Gasteiger partial charge in [-0.2, -0.15) is 5.26 Å². The molecule has 0 saturated carbocycles. The molecule has 0 unspecified atom stereocenters. The predicted molar refractivity (Wildman–Crippen MR) is 69.3 cm³/mol. The number of amides is 1. The number of carbonyl (C=O) groups excluding carboxylic acids is 1. The molecule has 0 saturated heterocycles. The van der Waals surface area contributed by atoms with Gasteiger partial charge in [0.1, 0.15) is 5.69 Å². The number of hydrogen-bond acceptors (Lipinski definition) is 2. The van der Waals surface area contributed by atoms with Crippen LogP contribution in [0.15, 0.2) is 36.5 Å². The van der Waals surface area contributed by atoms with Crippen molar-refractivity contribution in [3.05, 3.63) is 53.3 Å². The maximum atomic E-state index is 12.0. The normalized spacial score (nSPS) is 9.83. The first-order valence-electron chi connectivity index (χ1n) is 5.54. The quantitative estimate of drug-likeness (QED) is 0.875. The number of aromatic nitrogens is 1. The van der Waals surface area contributed by atoms with Crippen molar-refractivity contribution >= 4 is 11.6 Å². The van der Waals surface area contributed by atoms with E-state index in [1.165, 1.54) is 0 Å². The lowest BCUT2D eigenvalue weighted by Gasteiger charge is -2.06. The molecule has 90 valence electrons. The summed E-state index contributed by atoms with van der Waals surface area (Å²) in [6.07, 6.45) is 1.89. The summed E-state index contributed by atoms with van der Waals surface area (Å²) in [7, 11) is 1.83. The molecule has 0 fully saturated rings. The SMILES string of the molecule is Cc1cc(C(=O)Nc2cccc(C#N)c2)n(C)c1. The summed E-state index contributed by atoms with van der Waals surface area (Å²) >= 11 is 0. The molecule has 4 heteroatoms. The van der Waals surface area contributed by atoms with E-state index in [1.807, 2.05) is 32.3 Å². The third kappa shape index (κ3) is 2.41. The fourth-order valence-electron chi connectivity index (χ4n) is 1.82. The van der Waals surface area contributed by atoms with Crippen LogP contribution in [0.4, 0.5) is 5.69 Å². The molecule has 2 aromatic rings. The zero-order valence-corrected chi connectivity index (χ0v) is 10.3. The van der Waals surface area contributed by atoms with Gasteiger partial charge >= 0.3 is 0 Å². The maximum Gasteiger partial charge on any atom is 0.272 e. The van der Waals surface area contributed by atoms with Crippen LogP contribution in [0, 0.1) is 18.3 Å². The van der Waals surface area contributed by atoms with Gasteiger partial charge in [0.15, 0.2) is 0 Å². The second-order valence-corrected chi connectivity index (χ2v) is 4.16. The van der Waals surface area contributed by atoms with Crippen LogP contribution in [-0.2, 0) is 7.05 Å². The average Bonchev–Trinajstić information content (AvgIpc) is 2.69. The lowest BCUT2D eigenvalue weighted by Crippen LogP contribution is -2.15. The Hall–Kier alpha value is -2.54. The van der Waals surface area contributed by atoms with Crippen molar-refractivity contribution < 1.29 is 4.79 Å². The molecule has 0 radical (unpaired) electrons. The highest BCUT2D eigenvalue weighted by Crippen LogP contribution is 2.13. The van der Waals surface area contributed by atoms with Crippen molar-refractivity contribution in [2.75, 3.05) is 5.32 Å². The van der Waals surface area contributed by atoms with Crippen molar-refractivity contribution in [3.63, 3.8) is 0 Å². The van der Waals surface area contributed by atoms with Crippen LogP contribution in [0.25, 0.3) is 0 Å². The van der Waals surface area contributed by atoms with Crippen molar-refractivity contribution in [2.45, 2.75) is 6.92 Å². The van der Waals surface area contributed by atoms with Gasteiger partial charge in [-0.25, -0.2) is 0 Å². The van der Waals surface area contributed by atoms with Gasteiger partial charge in [0.2, 0.25) is 0 Å². The first-order chi connectivity index (χ1) is 8.60. The second-order valence-electron chi connectivity index (χ2n) is 4.16. The van der Waals surface area contributed by atoms with Gasteiger partial charge in [0.05, 0.1) is 11.6 Å². The number of nitriles is 1. The third-order valence-electron chi connectivity index (χ3n) is 2.62. The number of benzene rings is 1. The Kier molecular flexibility index (Phi) is 3.16. The molecule has 4 nitrogen and oxygen atoms in total. The summed E-state index contributed by atoms with van der Waals surface area (Å²) in [5.41, 5.74) is 2.78. The summed E-state index contributed by atoms with van der Waals surface area (Å²) in [5, 5.41) is 11.6. The Morgan fingerprint density at radius 3 is 2.78 bits per heavy atom. The molecule has 0 spiro atoms. The Labute approximate surface area is 105 Å². The highest BCUT2D eigenvalue weighted by atomic mass is 16.1. The molecule has 2 rings (SSSR count). The van der Waals surface area contributed by atoms with Gasteiger partial charge in [-0.3, -0.25) is 4.79 Å². The Balaban J connectivity index is 2.21. The van der Waals surface area contributed by atoms with Crippen LogP contribution in [0.2, 0.25) is 0 Å². The summed E-state index contributed by atoms with van der Waals surface area (Å²) in [4.78, 5) is 12.0. The van der Waals surface area contributed by atoms with Gasteiger partial charge in [-0.05, 0) is 36.8 Å². The van der Waals surface area contributed by atoms with Crippen LogP contribution >= 0.6 is 0 Å². The first-order valence-corrected chi connectivity index (χ1v) is 5.54. The molecule has 0 aliphatic rings. The van der Waals surface area contributed by atoms with Crippen LogP contribution < -0.4 is 5.32 Å². The minimum atomic E-state index is -0.180. The van der Waals surface area contributed by atoms with E-state index in [1.54, 1.807) is 28.8 Å². The first kappa shape index (κ1) is 11.9. The molecule has 0 aliphatic heterocycles. The van der Waals surface area contributed by atoms with E-state index in [-0.39, 0.29) is 5.91 Å². The number of aryl methyl sites for hydroxylation is 2. The van der Waals surface area contributed by atoms with Crippen molar-refractivity contribution in [2.24, 2.45) is 7.05 Å². The number of hydrogen-bond donors (Lipinski definition) is 1. The smallest absolute Gasteiger partial charge is 0.272 e. The Morgan fingerprint density at radius 2 is 2.17 bits per heavy atom. The zero-order chi connectivity index (χ0) is 13.1. The van der Waals surface area contributed by atoms with Crippen molar-refractivity contribution in [3.8, 4) is 6.07 Å². The fraction of sp³-hybridized carbons (Fsp3) is 0.143. The average molecular weight is 239 g/mol. The van der Waals surface area contributed by atoms with Crippen LogP contribution in [-0.4, -0.2) is 10.5 Å². The van der Waals surface area contributed by atoms with Gasteiger partial charge in [-0.1, -0.05) is 6.07 Å². The number of anilines is 1. The molecule has 18 heavy (non-hydrogen) atoms. The molecule has 0 aliphatic carbocycles. The largest absolute Gasteiger partial charge is 0.346 e. The number of carbonyl (C=O) groups is 1. The van der Waals surface area contributed by atoms with Crippen LogP contribution in [0.1, 0.15) is 21.6 Å². The van der Waals surface area contributed by atoms with Crippen LogP contribution in [0.5, 0.6) is 0 Å². The lowest BCUT2D eigenvalue weighted by molar-refractivity contribution is 0.101. The molecule has 1 aromatic carbocycles. The molecular formula is C14H13N3O. The van der Waals surface area contributed by atoms with E-state index in [0.717, 1.165) is 5.56 Å². The molecular weight excluding hydrogens is 226 g/mol. The fourth-order valence-corrected chi connectivity index (χ4v) is 1.82. The minimum absolute atomic E-state index is 0.180. The summed E-state index contributed by atoms with van der Waals surface area (Å²) < 4.78 is 1.78.